The Hall–Kier alpha value is 3.84. The second-order valence-corrected chi connectivity index (χ2v) is 34.4. The Kier molecular flexibility index (Phi) is 61.0. The third kappa shape index (κ3) is 46.0. The van der Waals surface area contributed by atoms with Crippen molar-refractivity contribution < 1.29 is 46.8 Å². The second-order valence-electron chi connectivity index (χ2n) is 18.2. The van der Waals surface area contributed by atoms with Crippen LogP contribution < -0.4 is 16.7 Å². The number of hydrazine groups is 1. The number of nitrogens with one attached hydrogen (secondary N) is 1. The number of nitrogens with two attached hydrogens (primary N) is 1. The summed E-state index contributed by atoms with van der Waals surface area (Å²) in [7, 11) is 5.99. The first-order valence-corrected chi connectivity index (χ1v) is 31.3. The zero-order valence-electron chi connectivity index (χ0n) is 43.6. The van der Waals surface area contributed by atoms with E-state index in [1.165, 1.54) is 2.43 Å². The van der Waals surface area contributed by atoms with E-state index in [-0.39, 0.29) is 91.4 Å². The Morgan fingerprint density at radius 1 is 0.721 bits per heavy atom. The molecule has 0 atom stereocenters. The molecule has 0 amide bonds. The van der Waals surface area contributed by atoms with Crippen LogP contribution in [-0.4, -0.2) is 102 Å². The van der Waals surface area contributed by atoms with Gasteiger partial charge in [0.2, 0.25) is 0 Å². The molecule has 4 heterocycles. The Labute approximate surface area is 537 Å². The van der Waals surface area contributed by atoms with E-state index in [1.807, 2.05) is 93.2 Å². The van der Waals surface area contributed by atoms with Gasteiger partial charge in [-0.1, -0.05) is 143 Å². The molecule has 25 heteroatoms. The van der Waals surface area contributed by atoms with Crippen LogP contribution in [-0.2, 0) is 63.4 Å². The molecule has 1 radical (unpaired) electrons. The summed E-state index contributed by atoms with van der Waals surface area (Å²) in [6.45, 7) is 33.3. The quantitative estimate of drug-likeness (QED) is 0.0443. The number of aromatic nitrogens is 6. The Bertz CT molecular complexity index is 1500. The standard InChI is InChI=1S/C13H23BN2O2.C7H11BrN2.C7H12N2.C7H16O4.C4H12N2.CHI3.CH2I2.CH3I.CH2I.CH4.ClH.V/c1-11(2,3)16-9-10(8-15-16)14-17-12(4,5)13(6,7)18-14;1-7(2,3)10-5-6(8)4-9-10;1-7(2,3)9-6-4-5-8-9;1-8-6(9-2)5-7(10-3)11-4;1-4(2,3)6-5;2-1(3)4;2-1-3;2*1-2;;;/h8-9H,1-7H3;4-5H,1-3H3;4-6H,1-3H3;6-7H,5H2,1-4H3;6H,5H2,1-3H3;1H;1H2;1H3;1H2;1H4;1H;/q;;;;;;;;-1;;;. The molecule has 1 aliphatic heterocycles. The summed E-state index contributed by atoms with van der Waals surface area (Å²) in [4.78, 5) is 5.19. The van der Waals surface area contributed by atoms with Crippen LogP contribution in [0.25, 0.3) is 0 Å². The molecule has 14 nitrogen and oxygen atoms in total. The number of halogens is 9. The first-order chi connectivity index (χ1) is 29.6. The zero-order chi connectivity index (χ0) is 52.6. The van der Waals surface area contributed by atoms with Gasteiger partial charge in [-0.2, -0.15) is 15.3 Å². The van der Waals surface area contributed by atoms with Crippen molar-refractivity contribution in [3.63, 3.8) is 0 Å². The van der Waals surface area contributed by atoms with Crippen molar-refractivity contribution in [1.29, 1.82) is 0 Å². The third-order valence-corrected chi connectivity index (χ3v) is 8.52. The maximum Gasteiger partial charge on any atom is 0.498 e. The zero-order valence-corrected chi connectivity index (χ0v) is 62.5. The smallest absolute Gasteiger partial charge is 0.399 e. The Balaban J connectivity index is -0.000000107. The molecule has 3 N–H and O–H groups in total. The number of hydrogen-bond donors (Lipinski definition) is 2. The fourth-order valence-corrected chi connectivity index (χ4v) is 4.16. The molecule has 4 rings (SSSR count). The second kappa shape index (κ2) is 46.9. The van der Waals surface area contributed by atoms with E-state index in [1.54, 1.807) is 40.8 Å². The van der Waals surface area contributed by atoms with Gasteiger partial charge >= 0.3 is 7.12 Å². The Morgan fingerprint density at radius 3 is 1.22 bits per heavy atom. The molecule has 0 spiro atoms. The molecule has 0 aliphatic carbocycles. The summed E-state index contributed by atoms with van der Waals surface area (Å²) in [6, 6.07) is 1.94. The average molecular weight is 1880 g/mol. The summed E-state index contributed by atoms with van der Waals surface area (Å²) < 4.78 is 40.6. The SMILES string of the molecule is C.CC(C)(C)NN.CC(C)(C)n1cc(B2OC(C)(C)C(C)(C)O2)cn1.CC(C)(C)n1cc(Br)cn1.CC(C)(C)n1cccn1.CI.COC(CC(OC)OC)OC.Cl.IC(I)I.ICI.[CH2-]I.[V]. The number of nitrogens with zero attached hydrogens (tertiary/aromatic N) is 6. The van der Waals surface area contributed by atoms with Gasteiger partial charge in [-0.25, -0.2) is 0 Å². The Morgan fingerprint density at radius 2 is 1.03 bits per heavy atom. The van der Waals surface area contributed by atoms with E-state index < -0.39 is 0 Å². The minimum atomic E-state index is -0.328. The third-order valence-electron chi connectivity index (χ3n) is 8.11. The van der Waals surface area contributed by atoms with Crippen LogP contribution in [0.1, 0.15) is 125 Å². The number of hydrogen-bond acceptors (Lipinski definition) is 11. The number of alkyl halides is 6. The van der Waals surface area contributed by atoms with Gasteiger partial charge in [0.15, 0.2) is 12.6 Å². The van der Waals surface area contributed by atoms with Crippen molar-refractivity contribution in [3.8, 4) is 0 Å². The minimum Gasteiger partial charge on any atom is -0.399 e. The van der Waals surface area contributed by atoms with Crippen molar-refractivity contribution >= 4 is 199 Å². The first kappa shape index (κ1) is 88.5. The number of methoxy groups -OCH3 is 4. The van der Waals surface area contributed by atoms with Gasteiger partial charge < -0.3 is 50.8 Å². The molecule has 1 fully saturated rings. The van der Waals surface area contributed by atoms with E-state index in [4.69, 9.17) is 34.1 Å². The molecular formula is C43H87BBrClI7N8O6V-. The topological polar surface area (TPSA) is 147 Å². The molecule has 0 unspecified atom stereocenters. The summed E-state index contributed by atoms with van der Waals surface area (Å²) >= 11 is 18.9. The van der Waals surface area contributed by atoms with Crippen molar-refractivity contribution in [1.82, 2.24) is 34.8 Å². The minimum absolute atomic E-state index is 0. The van der Waals surface area contributed by atoms with Crippen LogP contribution in [0, 0.1) is 4.93 Å². The molecule has 0 aromatic carbocycles. The van der Waals surface area contributed by atoms with E-state index in [2.05, 4.69) is 267 Å². The van der Waals surface area contributed by atoms with E-state index in [9.17, 15) is 0 Å². The predicted molar refractivity (Wildman–Crippen MR) is 354 cm³/mol. The molecule has 3 aromatic heterocycles. The van der Waals surface area contributed by atoms with Crippen LogP contribution in [0.3, 0.4) is 0 Å². The molecule has 0 saturated carbocycles. The van der Waals surface area contributed by atoms with Gasteiger partial charge in [-0.05, 0) is 138 Å². The molecule has 407 valence electrons. The maximum atomic E-state index is 6.00. The van der Waals surface area contributed by atoms with Crippen LogP contribution in [0.2, 0.25) is 0 Å². The van der Waals surface area contributed by atoms with E-state index in [0.29, 0.717) is 6.42 Å². The molecular weight excluding hydrogens is 1790 g/mol. The normalized spacial score (nSPS) is 13.2. The van der Waals surface area contributed by atoms with Crippen molar-refractivity contribution in [2.75, 3.05) is 35.8 Å². The number of ether oxygens (including phenoxy) is 4. The summed E-state index contributed by atoms with van der Waals surface area (Å²) in [5.41, 5.74) is 3.23. The monoisotopic (exact) mass is 1880 g/mol. The van der Waals surface area contributed by atoms with Crippen LogP contribution in [0.4, 0.5) is 0 Å². The van der Waals surface area contributed by atoms with Crippen LogP contribution in [0.15, 0.2) is 47.7 Å². The van der Waals surface area contributed by atoms with Gasteiger partial charge in [-0.3, -0.25) is 30.2 Å². The number of rotatable bonds is 7. The fourth-order valence-electron chi connectivity index (χ4n) is 3.87. The van der Waals surface area contributed by atoms with Gasteiger partial charge in [-0.15, -0.1) is 12.4 Å². The molecule has 1 aliphatic rings. The summed E-state index contributed by atoms with van der Waals surface area (Å²) in [5.74, 6) is 5.06. The fraction of sp³-hybridized carbons (Fsp3) is 0.767. The van der Waals surface area contributed by atoms with Crippen LogP contribution in [0.5, 0.6) is 0 Å². The average Bonchev–Trinajstić information content (AvgIpc) is 4.02. The van der Waals surface area contributed by atoms with Crippen LogP contribution >= 0.6 is 186 Å². The van der Waals surface area contributed by atoms with Crippen molar-refractivity contribution in [3.05, 3.63) is 52.7 Å². The molecule has 1 saturated heterocycles. The first-order valence-electron chi connectivity index (χ1n) is 20.0. The molecule has 3 aromatic rings. The van der Waals surface area contributed by atoms with Gasteiger partial charge in [0.1, 0.15) is -0.0619 Å². The van der Waals surface area contributed by atoms with Crippen molar-refractivity contribution in [2.24, 2.45) is 5.84 Å². The largest absolute Gasteiger partial charge is 0.498 e. The van der Waals surface area contributed by atoms with Gasteiger partial charge in [0, 0.05) is 95.4 Å². The van der Waals surface area contributed by atoms with Gasteiger partial charge in [0.05, 0.1) is 40.9 Å². The van der Waals surface area contributed by atoms with Gasteiger partial charge in [0.25, 0.3) is 0 Å². The molecule has 68 heavy (non-hydrogen) atoms. The summed E-state index contributed by atoms with van der Waals surface area (Å²) in [6.07, 6.45) is 11.4. The maximum absolute atomic E-state index is 6.00. The molecule has 0 bridgehead atoms. The predicted octanol–water partition coefficient (Wildman–Crippen LogP) is 14.5. The van der Waals surface area contributed by atoms with E-state index >= 15 is 0 Å². The van der Waals surface area contributed by atoms with E-state index in [0.717, 1.165) is 9.87 Å². The summed E-state index contributed by atoms with van der Waals surface area (Å²) in [5, 5.41) is 12.6. The van der Waals surface area contributed by atoms with Crippen molar-refractivity contribution in [2.45, 2.75) is 171 Å².